The number of carbonyl (C=O) groups is 1. The number of nitrogens with one attached hydrogen (secondary N) is 2. The van der Waals surface area contributed by atoms with Crippen molar-refractivity contribution < 1.29 is 14.1 Å². The Labute approximate surface area is 213 Å². The monoisotopic (exact) mass is 498 g/mol. The van der Waals surface area contributed by atoms with Crippen LogP contribution in [0.2, 0.25) is 0 Å². The molecule has 0 saturated heterocycles. The number of ether oxygens (including phenoxy) is 1. The summed E-state index contributed by atoms with van der Waals surface area (Å²) in [5.74, 6) is 0.750. The highest BCUT2D eigenvalue weighted by Gasteiger charge is 2.31. The normalized spacial score (nSPS) is 12.9. The minimum atomic E-state index is -3.18. The van der Waals surface area contributed by atoms with Crippen LogP contribution in [0, 0.1) is 0 Å². The van der Waals surface area contributed by atoms with E-state index in [9.17, 15) is 9.36 Å². The van der Waals surface area contributed by atoms with E-state index in [0.717, 1.165) is 33.9 Å². The minimum Gasteiger partial charge on any atom is -0.497 e. The Morgan fingerprint density at radius 3 is 1.81 bits per heavy atom. The number of amides is 1. The van der Waals surface area contributed by atoms with Gasteiger partial charge in [0.2, 0.25) is 13.7 Å². The topological polar surface area (TPSA) is 67.4 Å². The van der Waals surface area contributed by atoms with E-state index in [-0.39, 0.29) is 12.1 Å². The second-order valence-electron chi connectivity index (χ2n) is 8.64. The van der Waals surface area contributed by atoms with Gasteiger partial charge in [0.1, 0.15) is 5.75 Å². The van der Waals surface area contributed by atoms with E-state index in [4.69, 9.17) is 4.74 Å². The third-order valence-electron chi connectivity index (χ3n) is 6.24. The van der Waals surface area contributed by atoms with Gasteiger partial charge in [0, 0.05) is 16.7 Å². The fraction of sp³-hybridized carbons (Fsp3) is 0.167. The van der Waals surface area contributed by atoms with Crippen LogP contribution in [-0.2, 0) is 15.8 Å². The Kier molecular flexibility index (Phi) is 8.72. The van der Waals surface area contributed by atoms with E-state index in [0.29, 0.717) is 12.8 Å². The Morgan fingerprint density at radius 1 is 0.778 bits per heavy atom. The maximum atomic E-state index is 14.8. The smallest absolute Gasteiger partial charge is 0.207 e. The van der Waals surface area contributed by atoms with Crippen LogP contribution in [0.5, 0.6) is 5.75 Å². The first-order chi connectivity index (χ1) is 17.6. The van der Waals surface area contributed by atoms with E-state index in [1.165, 1.54) is 0 Å². The van der Waals surface area contributed by atoms with Crippen LogP contribution in [0.4, 0.5) is 0 Å². The molecule has 0 aliphatic carbocycles. The van der Waals surface area contributed by atoms with Crippen LogP contribution >= 0.6 is 7.29 Å². The Balaban J connectivity index is 1.71. The molecule has 4 rings (SSSR count). The van der Waals surface area contributed by atoms with Crippen molar-refractivity contribution in [1.82, 2.24) is 10.4 Å². The number of carbonyl (C=O) groups excluding carboxylic acids is 1. The number of hydrogen-bond acceptors (Lipinski definition) is 3. The van der Waals surface area contributed by atoms with Crippen molar-refractivity contribution in [2.24, 2.45) is 0 Å². The summed E-state index contributed by atoms with van der Waals surface area (Å²) in [5, 5.41) is 8.03. The van der Waals surface area contributed by atoms with E-state index in [2.05, 4.69) is 22.5 Å². The molecule has 2 N–H and O–H groups in total. The molecule has 6 heteroatoms. The van der Waals surface area contributed by atoms with Crippen molar-refractivity contribution in [1.29, 1.82) is 0 Å². The molecule has 0 aromatic heterocycles. The lowest BCUT2D eigenvalue weighted by Crippen LogP contribution is -2.39. The quantitative estimate of drug-likeness (QED) is 0.213. The summed E-state index contributed by atoms with van der Waals surface area (Å²) in [5.41, 5.74) is 2.08. The lowest BCUT2D eigenvalue weighted by molar-refractivity contribution is -0.110. The summed E-state index contributed by atoms with van der Waals surface area (Å²) in [6, 6.07) is 36.5. The molecule has 0 fully saturated rings. The van der Waals surface area contributed by atoms with E-state index in [1.54, 1.807) is 7.11 Å². The van der Waals surface area contributed by atoms with Gasteiger partial charge in [-0.25, -0.2) is 0 Å². The molecule has 5 nitrogen and oxygen atoms in total. The number of methoxy groups -OCH3 is 1. The van der Waals surface area contributed by atoms with Crippen LogP contribution in [-0.4, -0.2) is 19.6 Å². The van der Waals surface area contributed by atoms with Gasteiger partial charge in [-0.2, -0.15) is 0 Å². The molecular formula is C30H31N2O3P. The molecule has 0 radical (unpaired) electrons. The summed E-state index contributed by atoms with van der Waals surface area (Å²) >= 11 is 0. The molecule has 2 atom stereocenters. The largest absolute Gasteiger partial charge is 0.497 e. The average Bonchev–Trinajstić information content (AvgIpc) is 2.94. The summed E-state index contributed by atoms with van der Waals surface area (Å²) in [7, 11) is -1.56. The van der Waals surface area contributed by atoms with Gasteiger partial charge in [-0.05, 0) is 60.4 Å². The minimum absolute atomic E-state index is 0.196. The van der Waals surface area contributed by atoms with Crippen LogP contribution in [0.25, 0.3) is 0 Å². The van der Waals surface area contributed by atoms with Crippen LogP contribution in [0.3, 0.4) is 0 Å². The summed E-state index contributed by atoms with van der Waals surface area (Å²) in [4.78, 5) is 11.6. The molecule has 0 aliphatic heterocycles. The third kappa shape index (κ3) is 6.31. The summed E-state index contributed by atoms with van der Waals surface area (Å²) in [6.07, 6.45) is 1.92. The van der Waals surface area contributed by atoms with Gasteiger partial charge in [-0.3, -0.25) is 14.4 Å². The molecule has 0 bridgehead atoms. The molecule has 0 unspecified atom stereocenters. The van der Waals surface area contributed by atoms with Crippen molar-refractivity contribution in [2.75, 3.05) is 7.11 Å². The van der Waals surface area contributed by atoms with Crippen LogP contribution in [0.15, 0.2) is 115 Å². The molecular weight excluding hydrogens is 467 g/mol. The molecule has 4 aromatic rings. The lowest BCUT2D eigenvalue weighted by Gasteiger charge is -2.30. The molecule has 0 aliphatic rings. The Morgan fingerprint density at radius 2 is 1.31 bits per heavy atom. The lowest BCUT2D eigenvalue weighted by atomic mass is 9.95. The van der Waals surface area contributed by atoms with E-state index < -0.39 is 7.29 Å². The molecule has 36 heavy (non-hydrogen) atoms. The van der Waals surface area contributed by atoms with E-state index in [1.807, 2.05) is 103 Å². The summed E-state index contributed by atoms with van der Waals surface area (Å²) in [6.45, 7) is 0. The first-order valence-corrected chi connectivity index (χ1v) is 13.7. The Hall–Kier alpha value is -3.66. The van der Waals surface area contributed by atoms with Crippen molar-refractivity contribution in [3.63, 3.8) is 0 Å². The molecule has 0 spiro atoms. The van der Waals surface area contributed by atoms with Crippen LogP contribution in [0.1, 0.15) is 23.6 Å². The molecule has 4 aromatic carbocycles. The second-order valence-corrected chi connectivity index (χ2v) is 11.2. The molecule has 184 valence electrons. The fourth-order valence-electron chi connectivity index (χ4n) is 4.41. The average molecular weight is 499 g/mol. The van der Waals surface area contributed by atoms with Crippen molar-refractivity contribution >= 4 is 24.3 Å². The van der Waals surface area contributed by atoms with Gasteiger partial charge in [0.15, 0.2) is 0 Å². The zero-order valence-electron chi connectivity index (χ0n) is 20.3. The predicted octanol–water partition coefficient (Wildman–Crippen LogP) is 5.00. The Bertz CT molecular complexity index is 1220. The van der Waals surface area contributed by atoms with Crippen molar-refractivity contribution in [3.05, 3.63) is 126 Å². The number of hydrogen-bond donors (Lipinski definition) is 2. The third-order valence-corrected chi connectivity index (χ3v) is 9.02. The highest BCUT2D eigenvalue weighted by atomic mass is 31.2. The van der Waals surface area contributed by atoms with Crippen LogP contribution < -0.4 is 25.8 Å². The first kappa shape index (κ1) is 25.4. The molecule has 0 saturated carbocycles. The standard InChI is InChI=1S/C30H31N2O3P/c1-35-27-19-17-25(18-20-27)30(31-23-33)22-26(21-24-11-5-2-6-12-24)32-36(34,28-13-7-3-8-14-28)29-15-9-4-10-16-29/h2-20,23,26,30H,21-22H2,1H3,(H,31,33)(H,32,34)/t26-,30-/m0/s1. The van der Waals surface area contributed by atoms with Gasteiger partial charge in [0.25, 0.3) is 0 Å². The van der Waals surface area contributed by atoms with Gasteiger partial charge >= 0.3 is 0 Å². The summed E-state index contributed by atoms with van der Waals surface area (Å²) < 4.78 is 20.1. The van der Waals surface area contributed by atoms with Crippen molar-refractivity contribution in [2.45, 2.75) is 24.9 Å². The first-order valence-electron chi connectivity index (χ1n) is 12.0. The maximum Gasteiger partial charge on any atom is 0.207 e. The molecule has 0 heterocycles. The second kappa shape index (κ2) is 12.3. The predicted molar refractivity (Wildman–Crippen MR) is 146 cm³/mol. The maximum absolute atomic E-state index is 14.8. The highest BCUT2D eigenvalue weighted by molar-refractivity contribution is 7.76. The van der Waals surface area contributed by atoms with Crippen molar-refractivity contribution in [3.8, 4) is 5.75 Å². The van der Waals surface area contributed by atoms with Gasteiger partial charge in [-0.15, -0.1) is 0 Å². The van der Waals surface area contributed by atoms with Gasteiger partial charge < -0.3 is 10.1 Å². The SMILES string of the molecule is COc1ccc([C@H](C[C@H](Cc2ccccc2)NP(=O)(c2ccccc2)c2ccccc2)NC=O)cc1. The number of benzene rings is 4. The highest BCUT2D eigenvalue weighted by Crippen LogP contribution is 2.40. The fourth-order valence-corrected chi connectivity index (χ4v) is 6.91. The van der Waals surface area contributed by atoms with Gasteiger partial charge in [0.05, 0.1) is 13.2 Å². The molecule has 1 amide bonds. The zero-order chi connectivity index (χ0) is 25.2. The number of rotatable bonds is 12. The van der Waals surface area contributed by atoms with E-state index >= 15 is 0 Å². The zero-order valence-corrected chi connectivity index (χ0v) is 21.2. The van der Waals surface area contributed by atoms with Gasteiger partial charge in [-0.1, -0.05) is 78.9 Å².